The van der Waals surface area contributed by atoms with Gasteiger partial charge in [-0.15, -0.1) is 0 Å². The summed E-state index contributed by atoms with van der Waals surface area (Å²) in [5, 5.41) is 2.93. The number of rotatable bonds is 6. The minimum absolute atomic E-state index is 0.0636. The molecule has 1 aliphatic heterocycles. The quantitative estimate of drug-likeness (QED) is 0.686. The van der Waals surface area contributed by atoms with E-state index in [1.165, 1.54) is 6.42 Å². The van der Waals surface area contributed by atoms with Gasteiger partial charge in [-0.3, -0.25) is 14.5 Å². The predicted molar refractivity (Wildman–Crippen MR) is 125 cm³/mol. The highest BCUT2D eigenvalue weighted by Gasteiger charge is 2.55. The van der Waals surface area contributed by atoms with Crippen LogP contribution in [0.4, 0.5) is 4.79 Å². The molecule has 1 saturated heterocycles. The van der Waals surface area contributed by atoms with Gasteiger partial charge in [0.05, 0.1) is 0 Å². The van der Waals surface area contributed by atoms with Crippen LogP contribution in [0.2, 0.25) is 0 Å². The molecule has 1 spiro atoms. The van der Waals surface area contributed by atoms with Crippen molar-refractivity contribution in [2.75, 3.05) is 6.54 Å². The molecule has 172 valence electrons. The van der Waals surface area contributed by atoms with Crippen LogP contribution in [0.1, 0.15) is 54.9 Å². The van der Waals surface area contributed by atoms with Crippen molar-refractivity contribution in [2.24, 2.45) is 5.92 Å². The third-order valence-electron chi connectivity index (χ3n) is 7.79. The summed E-state index contributed by atoms with van der Waals surface area (Å²) in [6.07, 6.45) is 4.69. The van der Waals surface area contributed by atoms with E-state index in [0.717, 1.165) is 46.4 Å². The van der Waals surface area contributed by atoms with E-state index < -0.39 is 11.6 Å². The maximum absolute atomic E-state index is 13.6. The number of amides is 4. The fourth-order valence-corrected chi connectivity index (χ4v) is 5.60. The van der Waals surface area contributed by atoms with Gasteiger partial charge in [0.2, 0.25) is 5.91 Å². The predicted octanol–water partition coefficient (Wildman–Crippen LogP) is 3.91. The molecule has 6 heteroatoms. The molecule has 1 heterocycles. The molecule has 1 saturated carbocycles. The number of carbonyl (C=O) groups is 3. The largest absolute Gasteiger partial charge is 0.334 e. The summed E-state index contributed by atoms with van der Waals surface area (Å²) in [6, 6.07) is 15.5. The second-order valence-corrected chi connectivity index (χ2v) is 9.83. The molecule has 0 unspecified atom stereocenters. The van der Waals surface area contributed by atoms with Crippen LogP contribution >= 0.6 is 0 Å². The van der Waals surface area contributed by atoms with Crippen LogP contribution in [-0.2, 0) is 28.1 Å². The van der Waals surface area contributed by atoms with E-state index in [1.807, 2.05) is 54.3 Å². The van der Waals surface area contributed by atoms with E-state index in [2.05, 4.69) is 18.3 Å². The number of nitrogens with one attached hydrogen (secondary N) is 1. The Morgan fingerprint density at radius 1 is 1.18 bits per heavy atom. The molecule has 0 radical (unpaired) electrons. The molecular formula is C27H31N3O3. The van der Waals surface area contributed by atoms with Crippen LogP contribution in [0.25, 0.3) is 0 Å². The molecule has 2 atom stereocenters. The van der Waals surface area contributed by atoms with Gasteiger partial charge < -0.3 is 10.2 Å². The topological polar surface area (TPSA) is 69.7 Å². The van der Waals surface area contributed by atoms with Crippen molar-refractivity contribution in [3.8, 4) is 0 Å². The van der Waals surface area contributed by atoms with E-state index >= 15 is 0 Å². The van der Waals surface area contributed by atoms with Gasteiger partial charge >= 0.3 is 6.03 Å². The zero-order chi connectivity index (χ0) is 23.2. The van der Waals surface area contributed by atoms with Gasteiger partial charge in [0, 0.05) is 12.6 Å². The lowest BCUT2D eigenvalue weighted by Crippen LogP contribution is -2.49. The Kier molecular flexibility index (Phi) is 5.47. The van der Waals surface area contributed by atoms with Crippen molar-refractivity contribution in [1.82, 2.24) is 15.1 Å². The Labute approximate surface area is 194 Å². The summed E-state index contributed by atoms with van der Waals surface area (Å²) < 4.78 is 0. The monoisotopic (exact) mass is 445 g/mol. The number of hydrogen-bond donors (Lipinski definition) is 1. The van der Waals surface area contributed by atoms with Crippen LogP contribution in [0.15, 0.2) is 48.5 Å². The van der Waals surface area contributed by atoms with Crippen LogP contribution in [-0.4, -0.2) is 40.2 Å². The van der Waals surface area contributed by atoms with Crippen LogP contribution < -0.4 is 5.32 Å². The number of carbonyl (C=O) groups excluding carboxylic acids is 3. The maximum atomic E-state index is 13.6. The highest BCUT2D eigenvalue weighted by atomic mass is 16.2. The maximum Gasteiger partial charge on any atom is 0.325 e. The zero-order valence-corrected chi connectivity index (χ0v) is 19.3. The molecule has 1 N–H and O–H groups in total. The summed E-state index contributed by atoms with van der Waals surface area (Å²) >= 11 is 0. The molecule has 33 heavy (non-hydrogen) atoms. The highest BCUT2D eigenvalue weighted by molar-refractivity contribution is 6.09. The fourth-order valence-electron chi connectivity index (χ4n) is 5.60. The SMILES string of the molecule is Cc1cccc(CN(C(=O)CN2C(=O)N[C@]3(CCc4ccccc43)C2=O)[C@@H](C)C2CCC2)c1. The van der Waals surface area contributed by atoms with E-state index in [0.29, 0.717) is 18.9 Å². The average molecular weight is 446 g/mol. The first-order valence-electron chi connectivity index (χ1n) is 12.0. The van der Waals surface area contributed by atoms with Gasteiger partial charge in [0.15, 0.2) is 0 Å². The van der Waals surface area contributed by atoms with Crippen LogP contribution in [0.3, 0.4) is 0 Å². The number of aryl methyl sites for hydroxylation is 2. The van der Waals surface area contributed by atoms with E-state index in [-0.39, 0.29) is 24.4 Å². The third-order valence-corrected chi connectivity index (χ3v) is 7.79. The van der Waals surface area contributed by atoms with Gasteiger partial charge in [-0.25, -0.2) is 4.79 Å². The minimum atomic E-state index is -1.03. The standard InChI is InChI=1S/C27H31N3O3/c1-18-7-5-8-20(15-18)16-29(19(2)21-10-6-11-21)24(31)17-30-25(32)27(28-26(30)33)14-13-22-9-3-4-12-23(22)27/h3-5,7-9,12,15,19,21H,6,10-11,13-14,16-17H2,1-2H3,(H,28,33)/t19-,27-/m0/s1. The Morgan fingerprint density at radius 2 is 1.97 bits per heavy atom. The molecule has 0 bridgehead atoms. The second-order valence-electron chi connectivity index (χ2n) is 9.83. The number of hydrogen-bond acceptors (Lipinski definition) is 3. The van der Waals surface area contributed by atoms with Crippen molar-refractivity contribution >= 4 is 17.8 Å². The smallest absolute Gasteiger partial charge is 0.325 e. The average Bonchev–Trinajstić information content (AvgIpc) is 3.24. The summed E-state index contributed by atoms with van der Waals surface area (Å²) in [7, 11) is 0. The molecule has 5 rings (SSSR count). The summed E-state index contributed by atoms with van der Waals surface area (Å²) in [5.74, 6) is -0.0183. The molecule has 6 nitrogen and oxygen atoms in total. The van der Waals surface area contributed by atoms with E-state index in [9.17, 15) is 14.4 Å². The lowest BCUT2D eigenvalue weighted by atomic mass is 9.79. The molecule has 2 aromatic carbocycles. The van der Waals surface area contributed by atoms with Gasteiger partial charge in [-0.2, -0.15) is 0 Å². The van der Waals surface area contributed by atoms with Crippen molar-refractivity contribution in [3.63, 3.8) is 0 Å². The lowest BCUT2D eigenvalue weighted by Gasteiger charge is -2.39. The molecule has 2 fully saturated rings. The Morgan fingerprint density at radius 3 is 2.70 bits per heavy atom. The van der Waals surface area contributed by atoms with Gasteiger partial charge in [0.1, 0.15) is 12.1 Å². The van der Waals surface area contributed by atoms with Crippen LogP contribution in [0, 0.1) is 12.8 Å². The van der Waals surface area contributed by atoms with E-state index in [1.54, 1.807) is 0 Å². The summed E-state index contributed by atoms with van der Waals surface area (Å²) in [6.45, 7) is 4.39. The summed E-state index contributed by atoms with van der Waals surface area (Å²) in [4.78, 5) is 43.0. The first-order chi connectivity index (χ1) is 15.9. The first kappa shape index (κ1) is 21.7. The fraction of sp³-hybridized carbons (Fsp3) is 0.444. The highest BCUT2D eigenvalue weighted by Crippen LogP contribution is 2.41. The lowest BCUT2D eigenvalue weighted by molar-refractivity contribution is -0.142. The van der Waals surface area contributed by atoms with Crippen molar-refractivity contribution in [1.29, 1.82) is 0 Å². The number of fused-ring (bicyclic) bond motifs is 2. The van der Waals surface area contributed by atoms with Gasteiger partial charge in [0.25, 0.3) is 5.91 Å². The van der Waals surface area contributed by atoms with Gasteiger partial charge in [-0.05, 0) is 62.1 Å². The molecule has 4 amide bonds. The number of nitrogens with zero attached hydrogens (tertiary/aromatic N) is 2. The normalized spacial score (nSPS) is 22.8. The number of imide groups is 1. The Balaban J connectivity index is 1.38. The van der Waals surface area contributed by atoms with E-state index in [4.69, 9.17) is 0 Å². The second kappa shape index (κ2) is 8.32. The zero-order valence-electron chi connectivity index (χ0n) is 19.3. The molecule has 3 aliphatic rings. The number of benzene rings is 2. The summed E-state index contributed by atoms with van der Waals surface area (Å²) in [5.41, 5.74) is 3.12. The Bertz CT molecular complexity index is 1110. The molecule has 2 aromatic rings. The first-order valence-corrected chi connectivity index (χ1v) is 12.0. The number of urea groups is 1. The van der Waals surface area contributed by atoms with Crippen molar-refractivity contribution in [2.45, 2.75) is 64.1 Å². The minimum Gasteiger partial charge on any atom is -0.334 e. The Hall–Kier alpha value is -3.15. The third kappa shape index (κ3) is 3.71. The van der Waals surface area contributed by atoms with Gasteiger partial charge in [-0.1, -0.05) is 60.5 Å². The molecule has 0 aromatic heterocycles. The molecular weight excluding hydrogens is 414 g/mol. The molecule has 2 aliphatic carbocycles. The van der Waals surface area contributed by atoms with Crippen LogP contribution in [0.5, 0.6) is 0 Å². The van der Waals surface area contributed by atoms with Crippen molar-refractivity contribution in [3.05, 3.63) is 70.8 Å². The van der Waals surface area contributed by atoms with Crippen molar-refractivity contribution < 1.29 is 14.4 Å².